The molecule has 1 unspecified atom stereocenters. The number of hydrogen-bond donors (Lipinski definition) is 1. The van der Waals surface area contributed by atoms with Crippen LogP contribution < -0.4 is 19.9 Å². The van der Waals surface area contributed by atoms with Gasteiger partial charge in [0.2, 0.25) is 0 Å². The summed E-state index contributed by atoms with van der Waals surface area (Å²) >= 11 is 7.04. The van der Waals surface area contributed by atoms with Crippen LogP contribution in [0.1, 0.15) is 9.67 Å². The zero-order valence-electron chi connectivity index (χ0n) is 16.6. The van der Waals surface area contributed by atoms with Crippen molar-refractivity contribution in [2.75, 3.05) is 49.8 Å². The van der Waals surface area contributed by atoms with Gasteiger partial charge < -0.3 is 24.4 Å². The summed E-state index contributed by atoms with van der Waals surface area (Å²) in [6.45, 7) is 1.35. The van der Waals surface area contributed by atoms with Crippen LogP contribution in [0.2, 0.25) is 4.34 Å². The number of carbonyl (C=O) groups is 3. The summed E-state index contributed by atoms with van der Waals surface area (Å²) in [6, 6.07) is 8.47. The third kappa shape index (κ3) is 4.60. The minimum Gasteiger partial charge on any atom is -0.494 e. The number of hydrogen-bond acceptors (Lipinski definition) is 7. The van der Waals surface area contributed by atoms with Crippen molar-refractivity contribution in [3.05, 3.63) is 39.5 Å². The number of morpholine rings is 1. The predicted molar refractivity (Wildman–Crippen MR) is 115 cm³/mol. The lowest BCUT2D eigenvalue weighted by molar-refractivity contribution is -0.125. The summed E-state index contributed by atoms with van der Waals surface area (Å²) in [7, 11) is 1.50. The lowest BCUT2D eigenvalue weighted by Crippen LogP contribution is -2.41. The molecule has 2 aromatic rings. The minimum absolute atomic E-state index is 0.0353. The number of cyclic esters (lactones) is 1. The summed E-state index contributed by atoms with van der Waals surface area (Å²) in [5.74, 6) is 0.0274. The Labute approximate surface area is 187 Å². The van der Waals surface area contributed by atoms with Gasteiger partial charge in [0, 0.05) is 18.3 Å². The van der Waals surface area contributed by atoms with Crippen molar-refractivity contribution in [2.24, 2.45) is 0 Å². The Balaban J connectivity index is 1.43. The Morgan fingerprint density at radius 1 is 1.29 bits per heavy atom. The molecule has 9 nitrogen and oxygen atoms in total. The molecule has 4 rings (SSSR count). The van der Waals surface area contributed by atoms with E-state index in [2.05, 4.69) is 5.32 Å². The van der Waals surface area contributed by atoms with Crippen LogP contribution in [0.25, 0.3) is 0 Å². The summed E-state index contributed by atoms with van der Waals surface area (Å²) < 4.78 is 16.6. The van der Waals surface area contributed by atoms with Crippen LogP contribution in [0.4, 0.5) is 16.2 Å². The van der Waals surface area contributed by atoms with Gasteiger partial charge in [0.25, 0.3) is 11.8 Å². The lowest BCUT2D eigenvalue weighted by Gasteiger charge is -2.28. The van der Waals surface area contributed by atoms with Crippen molar-refractivity contribution in [3.63, 3.8) is 0 Å². The summed E-state index contributed by atoms with van der Waals surface area (Å²) in [6.07, 6.45) is -1.05. The quantitative estimate of drug-likeness (QED) is 0.704. The maximum atomic E-state index is 12.4. The topological polar surface area (TPSA) is 97.4 Å². The first-order valence-electron chi connectivity index (χ1n) is 9.54. The van der Waals surface area contributed by atoms with E-state index in [4.69, 9.17) is 25.8 Å². The average molecular weight is 466 g/mol. The van der Waals surface area contributed by atoms with Crippen LogP contribution in [0.3, 0.4) is 0 Å². The molecule has 0 saturated carbocycles. The summed E-state index contributed by atoms with van der Waals surface area (Å²) in [5.41, 5.74) is 1.19. The molecule has 3 heterocycles. The van der Waals surface area contributed by atoms with Gasteiger partial charge in [-0.05, 0) is 24.3 Å². The molecule has 0 bridgehead atoms. The number of benzene rings is 1. The second kappa shape index (κ2) is 9.13. The fourth-order valence-corrected chi connectivity index (χ4v) is 4.36. The van der Waals surface area contributed by atoms with Crippen molar-refractivity contribution in [1.82, 2.24) is 5.32 Å². The number of ether oxygens (including phenoxy) is 3. The number of halogens is 1. The van der Waals surface area contributed by atoms with Gasteiger partial charge in [-0.1, -0.05) is 11.6 Å². The molecule has 3 amide bonds. The van der Waals surface area contributed by atoms with E-state index in [0.29, 0.717) is 39.5 Å². The monoisotopic (exact) mass is 465 g/mol. The SMILES string of the molecule is COc1cc(N2CCOCC2=O)ccc1N1CC(CNC(=O)c2ccc(Cl)s2)OC1=O. The number of nitrogens with one attached hydrogen (secondary N) is 1. The van der Waals surface area contributed by atoms with Gasteiger partial charge >= 0.3 is 6.09 Å². The number of carbonyl (C=O) groups excluding carboxylic acids is 3. The molecule has 2 saturated heterocycles. The zero-order chi connectivity index (χ0) is 22.0. The molecule has 1 aromatic heterocycles. The van der Waals surface area contributed by atoms with Gasteiger partial charge in [0.05, 0.1) is 41.7 Å². The van der Waals surface area contributed by atoms with E-state index in [1.54, 1.807) is 35.2 Å². The molecule has 0 aliphatic carbocycles. The maximum absolute atomic E-state index is 12.4. The fourth-order valence-electron chi connectivity index (χ4n) is 3.40. The summed E-state index contributed by atoms with van der Waals surface area (Å²) in [5, 5.41) is 2.75. The van der Waals surface area contributed by atoms with Crippen LogP contribution in [0, 0.1) is 0 Å². The maximum Gasteiger partial charge on any atom is 0.414 e. The van der Waals surface area contributed by atoms with Gasteiger partial charge in [0.15, 0.2) is 0 Å². The van der Waals surface area contributed by atoms with Gasteiger partial charge in [-0.25, -0.2) is 4.79 Å². The first-order chi connectivity index (χ1) is 15.0. The molecular formula is C20H20ClN3O6S. The van der Waals surface area contributed by atoms with E-state index in [1.807, 2.05) is 0 Å². The molecule has 11 heteroatoms. The van der Waals surface area contributed by atoms with Gasteiger partial charge in [-0.3, -0.25) is 14.5 Å². The second-order valence-electron chi connectivity index (χ2n) is 6.88. The van der Waals surface area contributed by atoms with Crippen LogP contribution in [0.5, 0.6) is 5.75 Å². The second-order valence-corrected chi connectivity index (χ2v) is 8.60. The van der Waals surface area contributed by atoms with Crippen LogP contribution in [-0.4, -0.2) is 64.0 Å². The molecule has 1 aromatic carbocycles. The Morgan fingerprint density at radius 3 is 2.84 bits per heavy atom. The van der Waals surface area contributed by atoms with E-state index >= 15 is 0 Å². The van der Waals surface area contributed by atoms with Crippen molar-refractivity contribution in [3.8, 4) is 5.75 Å². The van der Waals surface area contributed by atoms with E-state index in [1.165, 1.54) is 23.3 Å². The molecule has 1 atom stereocenters. The highest BCUT2D eigenvalue weighted by Crippen LogP contribution is 2.35. The summed E-state index contributed by atoms with van der Waals surface area (Å²) in [4.78, 5) is 40.3. The Morgan fingerprint density at radius 2 is 2.13 bits per heavy atom. The zero-order valence-corrected chi connectivity index (χ0v) is 18.2. The number of anilines is 2. The first-order valence-corrected chi connectivity index (χ1v) is 10.7. The molecule has 1 N–H and O–H groups in total. The van der Waals surface area contributed by atoms with Crippen molar-refractivity contribution >= 4 is 52.2 Å². The number of rotatable bonds is 6. The molecule has 2 aliphatic heterocycles. The van der Waals surface area contributed by atoms with Crippen LogP contribution >= 0.6 is 22.9 Å². The van der Waals surface area contributed by atoms with E-state index in [0.717, 1.165) is 0 Å². The minimum atomic E-state index is -0.535. The highest BCUT2D eigenvalue weighted by molar-refractivity contribution is 7.18. The molecular weight excluding hydrogens is 446 g/mol. The van der Waals surface area contributed by atoms with Crippen molar-refractivity contribution in [2.45, 2.75) is 6.10 Å². The Kier molecular flexibility index (Phi) is 6.30. The molecule has 2 fully saturated rings. The van der Waals surface area contributed by atoms with Gasteiger partial charge in [-0.15, -0.1) is 11.3 Å². The van der Waals surface area contributed by atoms with E-state index < -0.39 is 12.2 Å². The van der Waals surface area contributed by atoms with Crippen LogP contribution in [-0.2, 0) is 14.3 Å². The highest BCUT2D eigenvalue weighted by atomic mass is 35.5. The lowest BCUT2D eigenvalue weighted by atomic mass is 10.2. The van der Waals surface area contributed by atoms with Crippen molar-refractivity contribution in [1.29, 1.82) is 0 Å². The van der Waals surface area contributed by atoms with Gasteiger partial charge in [-0.2, -0.15) is 0 Å². The van der Waals surface area contributed by atoms with E-state index in [-0.39, 0.29) is 31.5 Å². The molecule has 164 valence electrons. The first kappa shape index (κ1) is 21.4. The van der Waals surface area contributed by atoms with E-state index in [9.17, 15) is 14.4 Å². The standard InChI is InChI=1S/C20H20ClN3O6S/c1-28-15-8-12(23-6-7-29-11-18(23)25)2-3-14(15)24-10-13(30-20(24)27)9-22-19(26)16-4-5-17(21)31-16/h2-5,8,13H,6-7,9-11H2,1H3,(H,22,26). The third-order valence-corrected chi connectivity index (χ3v) is 6.14. The fraction of sp³-hybridized carbons (Fsp3) is 0.350. The smallest absolute Gasteiger partial charge is 0.414 e. The number of amides is 3. The van der Waals surface area contributed by atoms with Crippen LogP contribution in [0.15, 0.2) is 30.3 Å². The number of thiophene rings is 1. The third-order valence-electron chi connectivity index (χ3n) is 4.91. The molecule has 2 aliphatic rings. The largest absolute Gasteiger partial charge is 0.494 e. The molecule has 0 radical (unpaired) electrons. The predicted octanol–water partition coefficient (Wildman–Crippen LogP) is 2.53. The Bertz CT molecular complexity index is 1010. The molecule has 0 spiro atoms. The number of nitrogens with zero attached hydrogens (tertiary/aromatic N) is 2. The van der Waals surface area contributed by atoms with Crippen molar-refractivity contribution < 1.29 is 28.6 Å². The highest BCUT2D eigenvalue weighted by Gasteiger charge is 2.34. The number of methoxy groups -OCH3 is 1. The normalized spacial score (nSPS) is 18.8. The average Bonchev–Trinajstić information content (AvgIpc) is 3.37. The van der Waals surface area contributed by atoms with Gasteiger partial charge in [0.1, 0.15) is 18.5 Å². The molecule has 31 heavy (non-hydrogen) atoms. The Hall–Kier alpha value is -2.82.